The minimum Gasteiger partial charge on any atom is -0.343 e. The van der Waals surface area contributed by atoms with Crippen molar-refractivity contribution in [3.63, 3.8) is 0 Å². The number of fused-ring (bicyclic) bond motifs is 1. The van der Waals surface area contributed by atoms with Crippen LogP contribution < -0.4 is 5.32 Å². The molecule has 1 N–H and O–H groups in total. The molecule has 2 aromatic carbocycles. The minimum atomic E-state index is -0.417. The maximum atomic E-state index is 13.6. The summed E-state index contributed by atoms with van der Waals surface area (Å²) in [5, 5.41) is 8.49. The third kappa shape index (κ3) is 5.57. The number of hydrogen-bond acceptors (Lipinski definition) is 4. The fraction of sp³-hybridized carbons (Fsp3) is 0.172. The van der Waals surface area contributed by atoms with Crippen LogP contribution in [0.2, 0.25) is 10.0 Å². The molecule has 0 saturated carbocycles. The van der Waals surface area contributed by atoms with Gasteiger partial charge < -0.3 is 10.2 Å². The first-order valence-electron chi connectivity index (χ1n) is 12.2. The number of hydrogen-bond donors (Lipinski definition) is 1. The molecule has 1 unspecified atom stereocenters. The Hall–Kier alpha value is -4.01. The summed E-state index contributed by atoms with van der Waals surface area (Å²) in [4.78, 5) is 32.1. The number of pyridine rings is 1. The first-order valence-corrected chi connectivity index (χ1v) is 13.0. The minimum absolute atomic E-state index is 0.156. The van der Waals surface area contributed by atoms with E-state index in [1.807, 2.05) is 25.1 Å². The summed E-state index contributed by atoms with van der Waals surface area (Å²) in [5.41, 5.74) is 4.03. The highest BCUT2D eigenvalue weighted by Gasteiger charge is 2.33. The Kier molecular flexibility index (Phi) is 7.50. The van der Waals surface area contributed by atoms with Crippen molar-refractivity contribution in [3.8, 4) is 5.69 Å². The van der Waals surface area contributed by atoms with E-state index in [4.69, 9.17) is 28.3 Å². The van der Waals surface area contributed by atoms with E-state index in [1.54, 1.807) is 52.2 Å². The molecule has 39 heavy (non-hydrogen) atoms. The summed E-state index contributed by atoms with van der Waals surface area (Å²) in [6.45, 7) is 3.75. The van der Waals surface area contributed by atoms with Crippen molar-refractivity contribution in [2.75, 3.05) is 6.54 Å². The summed E-state index contributed by atoms with van der Waals surface area (Å²) in [6.07, 6.45) is 3.52. The molecular formula is C29H24Cl2FN5O2. The van der Waals surface area contributed by atoms with E-state index < -0.39 is 5.91 Å². The molecule has 1 aliphatic rings. The Balaban J connectivity index is 1.68. The van der Waals surface area contributed by atoms with Gasteiger partial charge in [-0.05, 0) is 66.6 Å². The zero-order valence-corrected chi connectivity index (χ0v) is 22.7. The van der Waals surface area contributed by atoms with Crippen LogP contribution in [0.15, 0.2) is 66.9 Å². The highest BCUT2D eigenvalue weighted by Crippen LogP contribution is 2.36. The molecule has 5 rings (SSSR count). The van der Waals surface area contributed by atoms with Gasteiger partial charge in [-0.15, -0.1) is 0 Å². The van der Waals surface area contributed by atoms with Gasteiger partial charge in [-0.3, -0.25) is 14.6 Å². The van der Waals surface area contributed by atoms with Crippen LogP contribution in [0.3, 0.4) is 0 Å². The highest BCUT2D eigenvalue weighted by atomic mass is 35.5. The van der Waals surface area contributed by atoms with Crippen molar-refractivity contribution >= 4 is 46.7 Å². The number of carbonyl (C=O) groups is 2. The first-order chi connectivity index (χ1) is 18.7. The summed E-state index contributed by atoms with van der Waals surface area (Å²) in [6, 6.07) is 16.1. The van der Waals surface area contributed by atoms with Crippen LogP contribution in [0.1, 0.15) is 52.9 Å². The van der Waals surface area contributed by atoms with Crippen LogP contribution in [0.4, 0.5) is 4.39 Å². The van der Waals surface area contributed by atoms with E-state index in [-0.39, 0.29) is 36.5 Å². The molecule has 3 heterocycles. The molecule has 0 radical (unpaired) electrons. The number of halogens is 3. The fourth-order valence-electron chi connectivity index (χ4n) is 4.53. The fourth-order valence-corrected chi connectivity index (χ4v) is 5.02. The number of nitrogens with zero attached hydrogens (tertiary/aromatic N) is 4. The van der Waals surface area contributed by atoms with E-state index in [9.17, 15) is 14.0 Å². The van der Waals surface area contributed by atoms with Crippen LogP contribution in [-0.2, 0) is 11.3 Å². The lowest BCUT2D eigenvalue weighted by Crippen LogP contribution is -2.35. The molecule has 0 saturated heterocycles. The second-order valence-corrected chi connectivity index (χ2v) is 10.1. The molecule has 2 aromatic heterocycles. The van der Waals surface area contributed by atoms with Crippen LogP contribution in [0.5, 0.6) is 0 Å². The van der Waals surface area contributed by atoms with E-state index in [0.717, 1.165) is 5.56 Å². The molecule has 1 atom stereocenters. The zero-order valence-electron chi connectivity index (χ0n) is 21.2. The average molecular weight is 564 g/mol. The maximum absolute atomic E-state index is 13.6. The smallest absolute Gasteiger partial charge is 0.272 e. The Morgan fingerprint density at radius 2 is 1.85 bits per heavy atom. The van der Waals surface area contributed by atoms with Crippen LogP contribution in [0, 0.1) is 5.82 Å². The molecular weight excluding hydrogens is 540 g/mol. The summed E-state index contributed by atoms with van der Waals surface area (Å²) in [7, 11) is 0. The summed E-state index contributed by atoms with van der Waals surface area (Å²) < 4.78 is 15.2. The van der Waals surface area contributed by atoms with E-state index in [2.05, 4.69) is 10.3 Å². The second-order valence-electron chi connectivity index (χ2n) is 9.23. The van der Waals surface area contributed by atoms with Gasteiger partial charge in [0.1, 0.15) is 5.82 Å². The van der Waals surface area contributed by atoms with Crippen molar-refractivity contribution in [2.24, 2.45) is 0 Å². The number of benzene rings is 2. The van der Waals surface area contributed by atoms with Crippen molar-refractivity contribution in [3.05, 3.63) is 111 Å². The molecule has 2 amide bonds. The average Bonchev–Trinajstić information content (AvgIpc) is 3.30. The van der Waals surface area contributed by atoms with Gasteiger partial charge >= 0.3 is 0 Å². The van der Waals surface area contributed by atoms with E-state index in [1.165, 1.54) is 19.1 Å². The third-order valence-corrected chi connectivity index (χ3v) is 7.02. The lowest BCUT2D eigenvalue weighted by atomic mass is 9.97. The third-order valence-electron chi connectivity index (χ3n) is 6.49. The number of amides is 2. The number of rotatable bonds is 5. The van der Waals surface area contributed by atoms with Gasteiger partial charge in [0.2, 0.25) is 5.91 Å². The van der Waals surface area contributed by atoms with Crippen molar-refractivity contribution in [1.82, 2.24) is 25.0 Å². The van der Waals surface area contributed by atoms with Gasteiger partial charge in [-0.25, -0.2) is 9.07 Å². The van der Waals surface area contributed by atoms with Gasteiger partial charge in [-0.2, -0.15) is 5.10 Å². The molecule has 1 aliphatic heterocycles. The Labute approximate surface area is 234 Å². The molecule has 7 nitrogen and oxygen atoms in total. The molecule has 198 valence electrons. The van der Waals surface area contributed by atoms with Crippen molar-refractivity contribution in [1.29, 1.82) is 0 Å². The first kappa shape index (κ1) is 26.6. The highest BCUT2D eigenvalue weighted by molar-refractivity contribution is 6.35. The quantitative estimate of drug-likeness (QED) is 0.318. The summed E-state index contributed by atoms with van der Waals surface area (Å²) >= 11 is 12.7. The predicted molar refractivity (Wildman–Crippen MR) is 149 cm³/mol. The topological polar surface area (TPSA) is 80.1 Å². The Morgan fingerprint density at radius 3 is 2.51 bits per heavy atom. The predicted octanol–water partition coefficient (Wildman–Crippen LogP) is 6.11. The van der Waals surface area contributed by atoms with Crippen LogP contribution in [0.25, 0.3) is 17.3 Å². The monoisotopic (exact) mass is 563 g/mol. The lowest BCUT2D eigenvalue weighted by molar-refractivity contribution is -0.128. The molecule has 0 fully saturated rings. The zero-order chi connectivity index (χ0) is 27.7. The van der Waals surface area contributed by atoms with Gasteiger partial charge in [0, 0.05) is 30.3 Å². The maximum Gasteiger partial charge on any atom is 0.272 e. The Morgan fingerprint density at radius 1 is 1.08 bits per heavy atom. The van der Waals surface area contributed by atoms with Gasteiger partial charge in [0.05, 0.1) is 34.7 Å². The van der Waals surface area contributed by atoms with Crippen molar-refractivity contribution in [2.45, 2.75) is 26.4 Å². The van der Waals surface area contributed by atoms with Gasteiger partial charge in [-0.1, -0.05) is 41.4 Å². The van der Waals surface area contributed by atoms with Gasteiger partial charge in [0.25, 0.3) is 5.91 Å². The molecule has 4 aromatic rings. The largest absolute Gasteiger partial charge is 0.343 e. The molecule has 0 bridgehead atoms. The second kappa shape index (κ2) is 11.0. The molecule has 10 heteroatoms. The van der Waals surface area contributed by atoms with Crippen molar-refractivity contribution < 1.29 is 14.0 Å². The number of carbonyl (C=O) groups excluding carboxylic acids is 2. The number of nitrogens with one attached hydrogen (secondary N) is 1. The van der Waals surface area contributed by atoms with E-state index >= 15 is 0 Å². The summed E-state index contributed by atoms with van der Waals surface area (Å²) in [5.74, 6) is -0.929. The standard InChI is InChI=1S/C29H24Cl2FN5O2/c1-17(25-5-3-4-12-33-25)34-29(39)27-23-16-36(18(2)38)15-20(13-19-6-9-22(32)10-7-19)28(23)37(35-27)26-11-8-21(30)14-24(26)31/h3-14,17H,15-16H2,1-2H3,(H,34,39)/b20-13+. The lowest BCUT2D eigenvalue weighted by Gasteiger charge is -2.29. The Bertz CT molecular complexity index is 1590. The molecule has 0 spiro atoms. The molecule has 0 aliphatic carbocycles. The normalized spacial score (nSPS) is 14.7. The van der Waals surface area contributed by atoms with Crippen LogP contribution >= 0.6 is 23.2 Å². The van der Waals surface area contributed by atoms with Crippen LogP contribution in [-0.4, -0.2) is 38.0 Å². The van der Waals surface area contributed by atoms with Gasteiger partial charge in [0.15, 0.2) is 5.69 Å². The van der Waals surface area contributed by atoms with E-state index in [0.29, 0.717) is 38.3 Å². The SMILES string of the molecule is CC(=O)N1C/C(=C\c2ccc(F)cc2)c2c(c(C(=O)NC(C)c3ccccn3)nn2-c2ccc(Cl)cc2Cl)C1. The number of aromatic nitrogens is 3.